The van der Waals surface area contributed by atoms with Gasteiger partial charge in [0.15, 0.2) is 0 Å². The molecule has 25 heavy (non-hydrogen) atoms. The van der Waals surface area contributed by atoms with Crippen LogP contribution in [0.2, 0.25) is 0 Å². The largest absolute Gasteiger partial charge is 0.492 e. The summed E-state index contributed by atoms with van der Waals surface area (Å²) in [7, 11) is 0. The summed E-state index contributed by atoms with van der Waals surface area (Å²) in [6.45, 7) is 6.26. The molecule has 0 radical (unpaired) electrons. The Balaban J connectivity index is 1.78. The summed E-state index contributed by atoms with van der Waals surface area (Å²) in [5.41, 5.74) is 1.10. The lowest BCUT2D eigenvalue weighted by Gasteiger charge is -2.34. The Kier molecular flexibility index (Phi) is 6.07. The Bertz CT molecular complexity index is 694. The van der Waals surface area contributed by atoms with Gasteiger partial charge in [-0.1, -0.05) is 30.3 Å². The fraction of sp³-hybridized carbons (Fsp3) is 0.421. The summed E-state index contributed by atoms with van der Waals surface area (Å²) in [5, 5.41) is 9.04. The molecule has 1 saturated heterocycles. The first-order valence-corrected chi connectivity index (χ1v) is 9.49. The van der Waals surface area contributed by atoms with Crippen LogP contribution in [0.5, 0.6) is 5.75 Å². The standard InChI is InChI=1S/C19H24N2O3S/c1-2-24-16-14-17(15-6-4-3-5-7-15)25-18(16)19(23)21-10-8-20(9-11-21)12-13-22/h3-7,14,22H,2,8-13H2,1H3. The van der Waals surface area contributed by atoms with E-state index in [0.29, 0.717) is 36.9 Å². The highest BCUT2D eigenvalue weighted by atomic mass is 32.1. The van der Waals surface area contributed by atoms with Crippen LogP contribution in [0, 0.1) is 0 Å². The van der Waals surface area contributed by atoms with Gasteiger partial charge in [-0.2, -0.15) is 0 Å². The minimum Gasteiger partial charge on any atom is -0.492 e. The van der Waals surface area contributed by atoms with Gasteiger partial charge < -0.3 is 14.7 Å². The van der Waals surface area contributed by atoms with Gasteiger partial charge in [-0.3, -0.25) is 9.69 Å². The van der Waals surface area contributed by atoms with Crippen LogP contribution >= 0.6 is 11.3 Å². The number of carbonyl (C=O) groups excluding carboxylic acids is 1. The number of aliphatic hydroxyl groups is 1. The third-order valence-corrected chi connectivity index (χ3v) is 5.48. The van der Waals surface area contributed by atoms with Crippen LogP contribution in [-0.4, -0.2) is 66.8 Å². The molecular weight excluding hydrogens is 336 g/mol. The molecule has 1 amide bonds. The predicted molar refractivity (Wildman–Crippen MR) is 100 cm³/mol. The van der Waals surface area contributed by atoms with Crippen LogP contribution < -0.4 is 4.74 Å². The number of nitrogens with zero attached hydrogens (tertiary/aromatic N) is 2. The first-order valence-electron chi connectivity index (χ1n) is 8.67. The highest BCUT2D eigenvalue weighted by molar-refractivity contribution is 7.17. The molecule has 1 aromatic carbocycles. The number of rotatable bonds is 6. The maximum Gasteiger partial charge on any atom is 0.267 e. The first kappa shape index (κ1) is 17.9. The number of aliphatic hydroxyl groups excluding tert-OH is 1. The highest BCUT2D eigenvalue weighted by Gasteiger charge is 2.26. The predicted octanol–water partition coefficient (Wildman–Crippen LogP) is 2.56. The number of β-amino-alcohol motifs (C(OH)–C–C–N with tert-alkyl or cyclic N) is 1. The van der Waals surface area contributed by atoms with Crippen molar-refractivity contribution in [1.82, 2.24) is 9.80 Å². The summed E-state index contributed by atoms with van der Waals surface area (Å²) < 4.78 is 5.73. The topological polar surface area (TPSA) is 53.0 Å². The summed E-state index contributed by atoms with van der Waals surface area (Å²) in [4.78, 5) is 18.8. The summed E-state index contributed by atoms with van der Waals surface area (Å²) in [5.74, 6) is 0.716. The van der Waals surface area contributed by atoms with Gasteiger partial charge in [0, 0.05) is 37.6 Å². The smallest absolute Gasteiger partial charge is 0.267 e. The SMILES string of the molecule is CCOc1cc(-c2ccccc2)sc1C(=O)N1CCN(CCO)CC1. The number of benzene rings is 1. The summed E-state index contributed by atoms with van der Waals surface area (Å²) >= 11 is 1.50. The number of thiophene rings is 1. The number of piperazine rings is 1. The van der Waals surface area contributed by atoms with Crippen LogP contribution in [0.15, 0.2) is 36.4 Å². The second kappa shape index (κ2) is 8.47. The van der Waals surface area contributed by atoms with E-state index in [-0.39, 0.29) is 12.5 Å². The average molecular weight is 360 g/mol. The Morgan fingerprint density at radius 1 is 1.20 bits per heavy atom. The van der Waals surface area contributed by atoms with Crippen LogP contribution in [-0.2, 0) is 0 Å². The van der Waals surface area contributed by atoms with Gasteiger partial charge in [0.25, 0.3) is 5.91 Å². The van der Waals surface area contributed by atoms with Crippen molar-refractivity contribution in [3.63, 3.8) is 0 Å². The van der Waals surface area contributed by atoms with Gasteiger partial charge >= 0.3 is 0 Å². The van der Waals surface area contributed by atoms with Gasteiger partial charge in [0.2, 0.25) is 0 Å². The molecule has 0 unspecified atom stereocenters. The Hall–Kier alpha value is -1.89. The van der Waals surface area contributed by atoms with Crippen LogP contribution in [0.25, 0.3) is 10.4 Å². The molecule has 1 N–H and O–H groups in total. The lowest BCUT2D eigenvalue weighted by Crippen LogP contribution is -2.49. The maximum absolute atomic E-state index is 13.0. The van der Waals surface area contributed by atoms with E-state index in [2.05, 4.69) is 4.90 Å². The lowest BCUT2D eigenvalue weighted by molar-refractivity contribution is 0.0616. The molecule has 1 aromatic heterocycles. The van der Waals surface area contributed by atoms with Crippen molar-refractivity contribution >= 4 is 17.2 Å². The van der Waals surface area contributed by atoms with Crippen molar-refractivity contribution in [2.75, 3.05) is 45.9 Å². The van der Waals surface area contributed by atoms with Gasteiger partial charge in [0.1, 0.15) is 10.6 Å². The van der Waals surface area contributed by atoms with Gasteiger partial charge in [-0.15, -0.1) is 11.3 Å². The quantitative estimate of drug-likeness (QED) is 0.860. The van der Waals surface area contributed by atoms with E-state index in [1.165, 1.54) is 11.3 Å². The van der Waals surface area contributed by atoms with Gasteiger partial charge in [-0.25, -0.2) is 0 Å². The number of carbonyl (C=O) groups is 1. The van der Waals surface area contributed by atoms with E-state index >= 15 is 0 Å². The molecule has 1 aliphatic heterocycles. The molecular formula is C19H24N2O3S. The van der Waals surface area contributed by atoms with Crippen molar-refractivity contribution in [3.05, 3.63) is 41.3 Å². The zero-order valence-corrected chi connectivity index (χ0v) is 15.3. The van der Waals surface area contributed by atoms with Gasteiger partial charge in [-0.05, 0) is 18.6 Å². The second-order valence-corrected chi connectivity index (χ2v) is 7.01. The molecule has 0 spiro atoms. The number of ether oxygens (including phenoxy) is 1. The first-order chi connectivity index (χ1) is 12.2. The summed E-state index contributed by atoms with van der Waals surface area (Å²) in [6.07, 6.45) is 0. The van der Waals surface area contributed by atoms with E-state index in [4.69, 9.17) is 9.84 Å². The Morgan fingerprint density at radius 3 is 2.56 bits per heavy atom. The molecule has 134 valence electrons. The summed E-state index contributed by atoms with van der Waals surface area (Å²) in [6, 6.07) is 12.0. The molecule has 2 aromatic rings. The van der Waals surface area contributed by atoms with Crippen LogP contribution in [0.3, 0.4) is 0 Å². The third kappa shape index (κ3) is 4.21. The molecule has 3 rings (SSSR count). The molecule has 2 heterocycles. The lowest BCUT2D eigenvalue weighted by atomic mass is 10.2. The second-order valence-electron chi connectivity index (χ2n) is 5.96. The van der Waals surface area contributed by atoms with Gasteiger partial charge in [0.05, 0.1) is 13.2 Å². The highest BCUT2D eigenvalue weighted by Crippen LogP contribution is 2.37. The van der Waals surface area contributed by atoms with Crippen molar-refractivity contribution in [1.29, 1.82) is 0 Å². The monoisotopic (exact) mass is 360 g/mol. The van der Waals surface area contributed by atoms with Crippen molar-refractivity contribution in [2.24, 2.45) is 0 Å². The van der Waals surface area contributed by atoms with E-state index in [0.717, 1.165) is 23.5 Å². The molecule has 5 nitrogen and oxygen atoms in total. The normalized spacial score (nSPS) is 15.4. The van der Waals surface area contributed by atoms with Crippen LogP contribution in [0.1, 0.15) is 16.6 Å². The zero-order chi connectivity index (χ0) is 17.6. The molecule has 6 heteroatoms. The number of hydrogen-bond donors (Lipinski definition) is 1. The molecule has 1 aliphatic rings. The molecule has 0 bridgehead atoms. The number of amides is 1. The van der Waals surface area contributed by atoms with E-state index in [1.54, 1.807) is 0 Å². The zero-order valence-electron chi connectivity index (χ0n) is 14.5. The number of hydrogen-bond acceptors (Lipinski definition) is 5. The minimum atomic E-state index is 0.0410. The fourth-order valence-corrected chi connectivity index (χ4v) is 4.07. The van der Waals surface area contributed by atoms with Crippen molar-refractivity contribution < 1.29 is 14.6 Å². The molecule has 0 atom stereocenters. The van der Waals surface area contributed by atoms with Crippen molar-refractivity contribution in [3.8, 4) is 16.2 Å². The average Bonchev–Trinajstić information content (AvgIpc) is 3.07. The fourth-order valence-electron chi connectivity index (χ4n) is 2.99. The maximum atomic E-state index is 13.0. The molecule has 1 fully saturated rings. The van der Waals surface area contributed by atoms with E-state index in [9.17, 15) is 4.79 Å². The molecule has 0 saturated carbocycles. The molecule has 0 aliphatic carbocycles. The Labute approximate surface area is 152 Å². The van der Waals surface area contributed by atoms with Crippen LogP contribution in [0.4, 0.5) is 0 Å². The Morgan fingerprint density at radius 2 is 1.92 bits per heavy atom. The van der Waals surface area contributed by atoms with Crippen molar-refractivity contribution in [2.45, 2.75) is 6.92 Å². The van der Waals surface area contributed by atoms with E-state index in [1.807, 2.05) is 48.2 Å². The van der Waals surface area contributed by atoms with E-state index < -0.39 is 0 Å². The minimum absolute atomic E-state index is 0.0410. The third-order valence-electron chi connectivity index (χ3n) is 4.33.